The average molecular weight is 412 g/mol. The number of sulfonamides is 1. The van der Waals surface area contributed by atoms with Gasteiger partial charge >= 0.3 is 0 Å². The molecule has 0 unspecified atom stereocenters. The summed E-state index contributed by atoms with van der Waals surface area (Å²) in [5, 5.41) is 2.73. The molecule has 150 valence electrons. The van der Waals surface area contributed by atoms with Crippen molar-refractivity contribution < 1.29 is 17.6 Å². The first-order valence-electron chi connectivity index (χ1n) is 8.98. The van der Waals surface area contributed by atoms with Gasteiger partial charge in [0.2, 0.25) is 10.0 Å². The van der Waals surface area contributed by atoms with Gasteiger partial charge in [-0.05, 0) is 35.4 Å². The van der Waals surface area contributed by atoms with Gasteiger partial charge < -0.3 is 5.32 Å². The largest absolute Gasteiger partial charge is 0.348 e. The third kappa shape index (κ3) is 5.42. The highest BCUT2D eigenvalue weighted by atomic mass is 32.2. The molecule has 3 aromatic rings. The second-order valence-corrected chi connectivity index (χ2v) is 8.49. The Morgan fingerprint density at radius 3 is 2.28 bits per heavy atom. The van der Waals surface area contributed by atoms with Crippen LogP contribution in [0.2, 0.25) is 0 Å². The van der Waals surface area contributed by atoms with Crippen molar-refractivity contribution in [1.82, 2.24) is 5.32 Å². The fourth-order valence-electron chi connectivity index (χ4n) is 2.94. The van der Waals surface area contributed by atoms with Gasteiger partial charge in [0.1, 0.15) is 5.82 Å². The molecule has 0 atom stereocenters. The first-order chi connectivity index (χ1) is 13.8. The standard InChI is InChI=1S/C22H21FN2O3S/c1-29(27,28)25(16-17-8-3-2-4-9-17)21-13-6-5-12-20(21)22(26)24-15-18-10-7-11-19(23)14-18/h2-14H,15-16H2,1H3,(H,24,26). The Morgan fingerprint density at radius 1 is 0.931 bits per heavy atom. The maximum atomic E-state index is 13.3. The minimum atomic E-state index is -3.64. The molecule has 3 rings (SSSR count). The van der Waals surface area contributed by atoms with Gasteiger partial charge in [0.15, 0.2) is 0 Å². The van der Waals surface area contributed by atoms with Crippen LogP contribution in [0.25, 0.3) is 0 Å². The van der Waals surface area contributed by atoms with Crippen LogP contribution in [0.3, 0.4) is 0 Å². The molecule has 0 spiro atoms. The van der Waals surface area contributed by atoms with Crippen LogP contribution in [-0.2, 0) is 23.1 Å². The van der Waals surface area contributed by atoms with Gasteiger partial charge in [-0.2, -0.15) is 0 Å². The quantitative estimate of drug-likeness (QED) is 0.643. The van der Waals surface area contributed by atoms with E-state index in [1.807, 2.05) is 30.3 Å². The number of hydrogen-bond acceptors (Lipinski definition) is 3. The molecule has 0 aliphatic rings. The molecule has 5 nitrogen and oxygen atoms in total. The maximum absolute atomic E-state index is 13.3. The Bertz CT molecular complexity index is 1100. The smallest absolute Gasteiger partial charge is 0.253 e. The number of halogens is 1. The molecule has 0 saturated heterocycles. The van der Waals surface area contributed by atoms with E-state index in [-0.39, 0.29) is 30.2 Å². The molecule has 7 heteroatoms. The number of carbonyl (C=O) groups excluding carboxylic acids is 1. The summed E-state index contributed by atoms with van der Waals surface area (Å²) >= 11 is 0. The predicted octanol–water partition coefficient (Wildman–Crippen LogP) is 3.72. The van der Waals surface area contributed by atoms with E-state index in [1.165, 1.54) is 16.4 Å². The first-order valence-corrected chi connectivity index (χ1v) is 10.8. The minimum absolute atomic E-state index is 0.105. The van der Waals surface area contributed by atoms with Gasteiger partial charge in [-0.15, -0.1) is 0 Å². The molecule has 1 N–H and O–H groups in total. The number of hydrogen-bond donors (Lipinski definition) is 1. The fraction of sp³-hybridized carbons (Fsp3) is 0.136. The van der Waals surface area contributed by atoms with E-state index in [4.69, 9.17) is 0 Å². The molecule has 0 aromatic heterocycles. The Labute approximate surface area is 169 Å². The molecule has 1 amide bonds. The summed E-state index contributed by atoms with van der Waals surface area (Å²) < 4.78 is 39.5. The second-order valence-electron chi connectivity index (χ2n) is 6.58. The molecule has 0 fully saturated rings. The molecular formula is C22H21FN2O3S. The van der Waals surface area contributed by atoms with Gasteiger partial charge in [0.25, 0.3) is 5.91 Å². The average Bonchev–Trinajstić information content (AvgIpc) is 2.70. The summed E-state index contributed by atoms with van der Waals surface area (Å²) in [6, 6.07) is 21.6. The Morgan fingerprint density at radius 2 is 1.59 bits per heavy atom. The van der Waals surface area contributed by atoms with Crippen molar-refractivity contribution in [1.29, 1.82) is 0 Å². The van der Waals surface area contributed by atoms with Gasteiger partial charge in [0.05, 0.1) is 24.1 Å². The van der Waals surface area contributed by atoms with E-state index in [0.29, 0.717) is 5.56 Å². The van der Waals surface area contributed by atoms with Crippen molar-refractivity contribution in [3.05, 3.63) is 101 Å². The van der Waals surface area contributed by atoms with Gasteiger partial charge in [-0.25, -0.2) is 12.8 Å². The normalized spacial score (nSPS) is 11.1. The third-order valence-electron chi connectivity index (χ3n) is 4.33. The number of para-hydroxylation sites is 1. The molecule has 0 aliphatic carbocycles. The highest BCUT2D eigenvalue weighted by Gasteiger charge is 2.23. The van der Waals surface area contributed by atoms with Crippen LogP contribution in [0.5, 0.6) is 0 Å². The minimum Gasteiger partial charge on any atom is -0.348 e. The van der Waals surface area contributed by atoms with E-state index in [1.54, 1.807) is 36.4 Å². The summed E-state index contributed by atoms with van der Waals surface area (Å²) in [5.74, 6) is -0.824. The van der Waals surface area contributed by atoms with Gasteiger partial charge in [-0.3, -0.25) is 9.10 Å². The SMILES string of the molecule is CS(=O)(=O)N(Cc1ccccc1)c1ccccc1C(=O)NCc1cccc(F)c1. The van der Waals surface area contributed by atoms with E-state index < -0.39 is 15.9 Å². The lowest BCUT2D eigenvalue weighted by atomic mass is 10.1. The highest BCUT2D eigenvalue weighted by molar-refractivity contribution is 7.92. The van der Waals surface area contributed by atoms with E-state index in [0.717, 1.165) is 11.8 Å². The summed E-state index contributed by atoms with van der Waals surface area (Å²) in [4.78, 5) is 12.8. The fourth-order valence-corrected chi connectivity index (χ4v) is 3.84. The van der Waals surface area contributed by atoms with Gasteiger partial charge in [-0.1, -0.05) is 54.6 Å². The van der Waals surface area contributed by atoms with Crippen molar-refractivity contribution >= 4 is 21.6 Å². The lowest BCUT2D eigenvalue weighted by Crippen LogP contribution is -2.32. The molecular weight excluding hydrogens is 391 g/mol. The Balaban J connectivity index is 1.88. The summed E-state index contributed by atoms with van der Waals surface area (Å²) in [6.45, 7) is 0.232. The maximum Gasteiger partial charge on any atom is 0.253 e. The van der Waals surface area contributed by atoms with Crippen molar-refractivity contribution in [2.24, 2.45) is 0 Å². The summed E-state index contributed by atoms with van der Waals surface area (Å²) in [5.41, 5.74) is 1.92. The van der Waals surface area contributed by atoms with Gasteiger partial charge in [0, 0.05) is 6.54 Å². The predicted molar refractivity (Wildman–Crippen MR) is 111 cm³/mol. The lowest BCUT2D eigenvalue weighted by Gasteiger charge is -2.24. The zero-order chi connectivity index (χ0) is 20.9. The molecule has 0 aliphatic heterocycles. The van der Waals surface area contributed by atoms with Crippen LogP contribution in [0.1, 0.15) is 21.5 Å². The molecule has 3 aromatic carbocycles. The van der Waals surface area contributed by atoms with E-state index in [9.17, 15) is 17.6 Å². The molecule has 0 heterocycles. The van der Waals surface area contributed by atoms with Crippen LogP contribution < -0.4 is 9.62 Å². The Hall–Kier alpha value is -3.19. The summed E-state index contributed by atoms with van der Waals surface area (Å²) in [6.07, 6.45) is 1.11. The number of nitrogens with one attached hydrogen (secondary N) is 1. The van der Waals surface area contributed by atoms with Crippen LogP contribution in [0.15, 0.2) is 78.9 Å². The van der Waals surface area contributed by atoms with Crippen molar-refractivity contribution in [2.75, 3.05) is 10.6 Å². The lowest BCUT2D eigenvalue weighted by molar-refractivity contribution is 0.0951. The van der Waals surface area contributed by atoms with E-state index >= 15 is 0 Å². The zero-order valence-electron chi connectivity index (χ0n) is 15.9. The second kappa shape index (κ2) is 8.87. The van der Waals surface area contributed by atoms with Crippen LogP contribution >= 0.6 is 0 Å². The summed E-state index contributed by atoms with van der Waals surface area (Å²) in [7, 11) is -3.64. The van der Waals surface area contributed by atoms with Crippen LogP contribution in [0.4, 0.5) is 10.1 Å². The number of rotatable bonds is 7. The Kier molecular flexibility index (Phi) is 6.29. The highest BCUT2D eigenvalue weighted by Crippen LogP contribution is 2.25. The molecule has 0 saturated carbocycles. The van der Waals surface area contributed by atoms with Crippen LogP contribution in [-0.4, -0.2) is 20.6 Å². The number of benzene rings is 3. The zero-order valence-corrected chi connectivity index (χ0v) is 16.7. The van der Waals surface area contributed by atoms with Crippen molar-refractivity contribution in [3.8, 4) is 0 Å². The first kappa shape index (κ1) is 20.5. The van der Waals surface area contributed by atoms with Crippen molar-refractivity contribution in [3.63, 3.8) is 0 Å². The molecule has 0 radical (unpaired) electrons. The number of anilines is 1. The number of carbonyl (C=O) groups is 1. The number of nitrogens with zero attached hydrogens (tertiary/aromatic N) is 1. The van der Waals surface area contributed by atoms with Crippen LogP contribution in [0, 0.1) is 5.82 Å². The molecule has 0 bridgehead atoms. The van der Waals surface area contributed by atoms with Crippen molar-refractivity contribution in [2.45, 2.75) is 13.1 Å². The third-order valence-corrected chi connectivity index (χ3v) is 5.46. The molecule has 29 heavy (non-hydrogen) atoms. The monoisotopic (exact) mass is 412 g/mol. The topological polar surface area (TPSA) is 66.5 Å². The van der Waals surface area contributed by atoms with E-state index in [2.05, 4.69) is 5.32 Å². The number of amides is 1.